The Balaban J connectivity index is 0. The molecule has 116 valence electrons. The van der Waals surface area contributed by atoms with Crippen LogP contribution in [0.3, 0.4) is 0 Å². The van der Waals surface area contributed by atoms with Gasteiger partial charge in [-0.05, 0) is 46.1 Å². The van der Waals surface area contributed by atoms with Gasteiger partial charge in [-0.25, -0.2) is 0 Å². The first-order valence-corrected chi connectivity index (χ1v) is 6.61. The minimum absolute atomic E-state index is 0. The molecule has 0 radical (unpaired) electrons. The monoisotopic (exact) mass is 313 g/mol. The molecule has 2 atom stereocenters. The zero-order valence-corrected chi connectivity index (χ0v) is 14.1. The van der Waals surface area contributed by atoms with Gasteiger partial charge in [0.2, 0.25) is 5.91 Å². The van der Waals surface area contributed by atoms with Crippen LogP contribution in [0.5, 0.6) is 0 Å². The lowest BCUT2D eigenvalue weighted by Gasteiger charge is -2.43. The smallest absolute Gasteiger partial charge is 0.236 e. The lowest BCUT2D eigenvalue weighted by atomic mass is 9.93. The quantitative estimate of drug-likeness (QED) is 0.832. The van der Waals surface area contributed by atoms with E-state index >= 15 is 0 Å². The summed E-state index contributed by atoms with van der Waals surface area (Å²) in [5, 5.41) is 2.93. The summed E-state index contributed by atoms with van der Waals surface area (Å²) in [4.78, 5) is 14.0. The maximum absolute atomic E-state index is 11.5. The van der Waals surface area contributed by atoms with E-state index in [1.807, 2.05) is 0 Å². The van der Waals surface area contributed by atoms with Gasteiger partial charge in [0.25, 0.3) is 0 Å². The van der Waals surface area contributed by atoms with Crippen molar-refractivity contribution in [1.29, 1.82) is 0 Å². The van der Waals surface area contributed by atoms with Gasteiger partial charge in [0.05, 0.1) is 6.04 Å². The Bertz CT molecular complexity index is 273. The maximum atomic E-state index is 11.5. The lowest BCUT2D eigenvalue weighted by molar-refractivity contribution is -0.122. The van der Waals surface area contributed by atoms with Crippen LogP contribution in [0.1, 0.15) is 40.5 Å². The molecule has 19 heavy (non-hydrogen) atoms. The number of carbonyl (C=O) groups is 1. The van der Waals surface area contributed by atoms with Crippen LogP contribution in [0.4, 0.5) is 0 Å². The molecule has 0 saturated carbocycles. The van der Waals surface area contributed by atoms with E-state index < -0.39 is 6.04 Å². The van der Waals surface area contributed by atoms with Crippen molar-refractivity contribution in [3.05, 3.63) is 0 Å². The molecule has 4 nitrogen and oxygen atoms in total. The highest BCUT2D eigenvalue weighted by molar-refractivity contribution is 5.85. The van der Waals surface area contributed by atoms with E-state index in [2.05, 4.69) is 31.0 Å². The molecule has 0 aromatic heterocycles. The molecule has 1 fully saturated rings. The van der Waals surface area contributed by atoms with Crippen LogP contribution in [0.15, 0.2) is 0 Å². The van der Waals surface area contributed by atoms with Crippen LogP contribution in [-0.4, -0.2) is 42.0 Å². The molecular formula is C13H29Cl2N3O. The number of nitrogens with zero attached hydrogens (tertiary/aromatic N) is 1. The van der Waals surface area contributed by atoms with E-state index in [-0.39, 0.29) is 36.3 Å². The first-order valence-electron chi connectivity index (χ1n) is 6.61. The number of carbonyl (C=O) groups excluding carboxylic acids is 1. The molecule has 1 rings (SSSR count). The highest BCUT2D eigenvalue weighted by Crippen LogP contribution is 2.23. The molecule has 6 heteroatoms. The standard InChI is InChI=1S/C13H27N3O.2ClH/c1-10-6-5-7-16(8-10)13(3,4)9-15-12(17)11(2)14;;/h10-11H,5-9,14H2,1-4H3,(H,15,17);2*1H/t10?,11-;;/m1../s1. The second-order valence-corrected chi connectivity index (χ2v) is 6.01. The number of halogens is 2. The Morgan fingerprint density at radius 1 is 1.47 bits per heavy atom. The molecule has 1 unspecified atom stereocenters. The summed E-state index contributed by atoms with van der Waals surface area (Å²) in [6, 6.07) is -0.425. The van der Waals surface area contributed by atoms with Crippen molar-refractivity contribution in [2.24, 2.45) is 11.7 Å². The molecule has 0 aromatic rings. The van der Waals surface area contributed by atoms with Gasteiger partial charge < -0.3 is 11.1 Å². The molecule has 0 aromatic carbocycles. The second-order valence-electron chi connectivity index (χ2n) is 6.01. The van der Waals surface area contributed by atoms with Crippen LogP contribution < -0.4 is 11.1 Å². The van der Waals surface area contributed by atoms with Gasteiger partial charge in [-0.3, -0.25) is 9.69 Å². The van der Waals surface area contributed by atoms with Crippen molar-refractivity contribution in [2.45, 2.75) is 52.1 Å². The molecule has 0 bridgehead atoms. The summed E-state index contributed by atoms with van der Waals surface area (Å²) in [6.45, 7) is 11.3. The van der Waals surface area contributed by atoms with E-state index in [1.165, 1.54) is 12.8 Å². The van der Waals surface area contributed by atoms with Gasteiger partial charge in [-0.1, -0.05) is 6.92 Å². The molecule has 0 aliphatic carbocycles. The lowest BCUT2D eigenvalue weighted by Crippen LogP contribution is -2.55. The van der Waals surface area contributed by atoms with Gasteiger partial charge in [-0.15, -0.1) is 24.8 Å². The van der Waals surface area contributed by atoms with Gasteiger partial charge in [-0.2, -0.15) is 0 Å². The van der Waals surface area contributed by atoms with Crippen LogP contribution in [0.25, 0.3) is 0 Å². The molecule has 1 heterocycles. The van der Waals surface area contributed by atoms with E-state index in [1.54, 1.807) is 6.92 Å². The number of likely N-dealkylation sites (tertiary alicyclic amines) is 1. The van der Waals surface area contributed by atoms with Gasteiger partial charge in [0.15, 0.2) is 0 Å². The topological polar surface area (TPSA) is 58.4 Å². The summed E-state index contributed by atoms with van der Waals surface area (Å²) in [7, 11) is 0. The summed E-state index contributed by atoms with van der Waals surface area (Å²) < 4.78 is 0. The summed E-state index contributed by atoms with van der Waals surface area (Å²) in [5.41, 5.74) is 5.55. The van der Waals surface area contributed by atoms with E-state index in [0.717, 1.165) is 19.0 Å². The molecule has 3 N–H and O–H groups in total. The number of hydrogen-bond donors (Lipinski definition) is 2. The van der Waals surface area contributed by atoms with E-state index in [0.29, 0.717) is 6.54 Å². The molecule has 0 spiro atoms. The van der Waals surface area contributed by atoms with Crippen LogP contribution >= 0.6 is 24.8 Å². The Morgan fingerprint density at radius 3 is 2.53 bits per heavy atom. The van der Waals surface area contributed by atoms with Crippen LogP contribution in [0, 0.1) is 5.92 Å². The Hall–Kier alpha value is -0.0300. The minimum Gasteiger partial charge on any atom is -0.353 e. The highest BCUT2D eigenvalue weighted by atomic mass is 35.5. The number of amides is 1. The van der Waals surface area contributed by atoms with Crippen molar-refractivity contribution in [1.82, 2.24) is 10.2 Å². The number of hydrogen-bond acceptors (Lipinski definition) is 3. The molecule has 1 saturated heterocycles. The van der Waals surface area contributed by atoms with Crippen molar-refractivity contribution in [3.63, 3.8) is 0 Å². The van der Waals surface area contributed by atoms with Gasteiger partial charge in [0, 0.05) is 18.6 Å². The fraction of sp³-hybridized carbons (Fsp3) is 0.923. The average Bonchev–Trinajstić information content (AvgIpc) is 2.26. The summed E-state index contributed by atoms with van der Waals surface area (Å²) in [6.07, 6.45) is 2.57. The molecule has 1 aliphatic rings. The van der Waals surface area contributed by atoms with Crippen LogP contribution in [0.2, 0.25) is 0 Å². The molecule has 1 amide bonds. The predicted molar refractivity (Wildman–Crippen MR) is 85.2 cm³/mol. The summed E-state index contributed by atoms with van der Waals surface area (Å²) >= 11 is 0. The SMILES string of the molecule is CC1CCCN(C(C)(C)CNC(=O)[C@@H](C)N)C1.Cl.Cl. The maximum Gasteiger partial charge on any atom is 0.236 e. The van der Waals surface area contributed by atoms with Gasteiger partial charge in [0.1, 0.15) is 0 Å². The largest absolute Gasteiger partial charge is 0.353 e. The molecule has 1 aliphatic heterocycles. The van der Waals surface area contributed by atoms with Crippen molar-refractivity contribution in [3.8, 4) is 0 Å². The number of rotatable bonds is 4. The highest BCUT2D eigenvalue weighted by Gasteiger charge is 2.30. The fourth-order valence-electron chi connectivity index (χ4n) is 2.32. The van der Waals surface area contributed by atoms with Crippen LogP contribution in [-0.2, 0) is 4.79 Å². The predicted octanol–water partition coefficient (Wildman–Crippen LogP) is 1.80. The zero-order valence-electron chi connectivity index (χ0n) is 12.4. The van der Waals surface area contributed by atoms with Crippen molar-refractivity contribution in [2.75, 3.05) is 19.6 Å². The summed E-state index contributed by atoms with van der Waals surface area (Å²) in [5.74, 6) is 0.690. The van der Waals surface area contributed by atoms with E-state index in [9.17, 15) is 4.79 Å². The normalized spacial score (nSPS) is 21.8. The number of nitrogens with two attached hydrogens (primary N) is 1. The Morgan fingerprint density at radius 2 is 2.05 bits per heavy atom. The van der Waals surface area contributed by atoms with E-state index in [4.69, 9.17) is 5.73 Å². The third-order valence-electron chi connectivity index (χ3n) is 3.62. The zero-order chi connectivity index (χ0) is 13.1. The molecular weight excluding hydrogens is 285 g/mol. The second kappa shape index (κ2) is 9.01. The first kappa shape index (κ1) is 21.3. The Labute approximate surface area is 129 Å². The third-order valence-corrected chi connectivity index (χ3v) is 3.62. The van der Waals surface area contributed by atoms with Crippen molar-refractivity contribution >= 4 is 30.7 Å². The Kier molecular flexibility index (Phi) is 10.1. The average molecular weight is 314 g/mol. The fourth-order valence-corrected chi connectivity index (χ4v) is 2.32. The van der Waals surface area contributed by atoms with Crippen molar-refractivity contribution < 1.29 is 4.79 Å². The first-order chi connectivity index (χ1) is 7.83. The third kappa shape index (κ3) is 6.80. The number of nitrogens with one attached hydrogen (secondary N) is 1. The van der Waals surface area contributed by atoms with Gasteiger partial charge >= 0.3 is 0 Å². The minimum atomic E-state index is -0.425. The number of piperidine rings is 1.